The minimum absolute atomic E-state index is 0.472. The summed E-state index contributed by atoms with van der Waals surface area (Å²) in [5, 5.41) is 17.9. The van der Waals surface area contributed by atoms with Gasteiger partial charge >= 0.3 is 0 Å². The smallest absolute Gasteiger partial charge is 0.0914 e. The maximum absolute atomic E-state index is 10.1. The lowest BCUT2D eigenvalue weighted by atomic mass is 10.1. The summed E-state index contributed by atoms with van der Waals surface area (Å²) in [7, 11) is 0. The molecule has 1 atom stereocenters. The molecule has 1 aromatic heterocycles. The van der Waals surface area contributed by atoms with Crippen LogP contribution >= 0.6 is 0 Å². The number of rotatable bonds is 7. The Morgan fingerprint density at radius 1 is 1.25 bits per heavy atom. The van der Waals surface area contributed by atoms with Crippen LogP contribution in [0.3, 0.4) is 0 Å². The summed E-state index contributed by atoms with van der Waals surface area (Å²) >= 11 is 0. The first-order valence-corrected chi connectivity index (χ1v) is 7.24. The lowest BCUT2D eigenvalue weighted by Crippen LogP contribution is -2.22. The number of aliphatic hydroxyl groups is 1. The molecular formula is C16H23N3O. The second-order valence-electron chi connectivity index (χ2n) is 4.85. The number of benzene rings is 1. The molecule has 2 aromatic rings. The number of aliphatic hydroxyl groups excluding tert-OH is 1. The van der Waals surface area contributed by atoms with E-state index in [1.54, 1.807) is 0 Å². The molecule has 0 spiro atoms. The van der Waals surface area contributed by atoms with Crippen LogP contribution in [0.4, 0.5) is 0 Å². The Labute approximate surface area is 120 Å². The first-order chi connectivity index (χ1) is 9.74. The molecule has 1 aromatic carbocycles. The Hall–Kier alpha value is -1.65. The van der Waals surface area contributed by atoms with Crippen LogP contribution in [0.25, 0.3) is 0 Å². The fourth-order valence-electron chi connectivity index (χ4n) is 2.23. The van der Waals surface area contributed by atoms with Crippen molar-refractivity contribution in [2.24, 2.45) is 0 Å². The summed E-state index contributed by atoms with van der Waals surface area (Å²) in [6, 6.07) is 11.9. The number of aryl methyl sites for hydroxylation is 2. The Morgan fingerprint density at radius 3 is 2.65 bits per heavy atom. The standard InChI is InChI=1S/C16H23N3O/c1-3-14-10-15(19(4-2)18-14)11-17-12-16(20)13-8-6-5-7-9-13/h5-10,16-17,20H,3-4,11-12H2,1-2H3. The fourth-order valence-corrected chi connectivity index (χ4v) is 2.23. The van der Waals surface area contributed by atoms with Gasteiger partial charge in [-0.15, -0.1) is 0 Å². The van der Waals surface area contributed by atoms with Crippen LogP contribution in [0.1, 0.15) is 36.9 Å². The zero-order valence-electron chi connectivity index (χ0n) is 12.2. The predicted molar refractivity (Wildman–Crippen MR) is 80.4 cm³/mol. The Kier molecular flexibility index (Phi) is 5.32. The van der Waals surface area contributed by atoms with Gasteiger partial charge < -0.3 is 10.4 Å². The van der Waals surface area contributed by atoms with Gasteiger partial charge in [-0.1, -0.05) is 37.3 Å². The van der Waals surface area contributed by atoms with Gasteiger partial charge in [-0.3, -0.25) is 4.68 Å². The van der Waals surface area contributed by atoms with E-state index in [1.165, 1.54) is 5.69 Å². The third-order valence-electron chi connectivity index (χ3n) is 3.40. The number of hydrogen-bond donors (Lipinski definition) is 2. The van der Waals surface area contributed by atoms with Crippen LogP contribution in [0.5, 0.6) is 0 Å². The molecule has 4 nitrogen and oxygen atoms in total. The molecule has 0 fully saturated rings. The molecule has 2 rings (SSSR count). The van der Waals surface area contributed by atoms with E-state index in [4.69, 9.17) is 0 Å². The summed E-state index contributed by atoms with van der Waals surface area (Å²) in [6.07, 6.45) is 0.479. The first-order valence-electron chi connectivity index (χ1n) is 7.24. The molecule has 1 unspecified atom stereocenters. The highest BCUT2D eigenvalue weighted by Gasteiger charge is 2.08. The summed E-state index contributed by atoms with van der Waals surface area (Å²) in [6.45, 7) is 6.34. The highest BCUT2D eigenvalue weighted by atomic mass is 16.3. The van der Waals surface area contributed by atoms with Gasteiger partial charge in [0.05, 0.1) is 17.5 Å². The van der Waals surface area contributed by atoms with E-state index < -0.39 is 6.10 Å². The van der Waals surface area contributed by atoms with Gasteiger partial charge in [0.25, 0.3) is 0 Å². The van der Waals surface area contributed by atoms with E-state index in [-0.39, 0.29) is 0 Å². The van der Waals surface area contributed by atoms with E-state index in [1.807, 2.05) is 35.0 Å². The topological polar surface area (TPSA) is 50.1 Å². The maximum atomic E-state index is 10.1. The van der Waals surface area contributed by atoms with Crippen molar-refractivity contribution in [3.05, 3.63) is 53.3 Å². The van der Waals surface area contributed by atoms with Crippen molar-refractivity contribution in [1.82, 2.24) is 15.1 Å². The third-order valence-corrected chi connectivity index (χ3v) is 3.40. The Balaban J connectivity index is 1.88. The molecule has 0 saturated carbocycles. The van der Waals surface area contributed by atoms with Crippen molar-refractivity contribution in [2.45, 2.75) is 39.5 Å². The molecule has 0 saturated heterocycles. The first kappa shape index (κ1) is 14.8. The van der Waals surface area contributed by atoms with Crippen molar-refractivity contribution >= 4 is 0 Å². The normalized spacial score (nSPS) is 12.6. The molecule has 0 bridgehead atoms. The molecule has 2 N–H and O–H groups in total. The largest absolute Gasteiger partial charge is 0.387 e. The van der Waals surface area contributed by atoms with Crippen molar-refractivity contribution in [1.29, 1.82) is 0 Å². The van der Waals surface area contributed by atoms with Gasteiger partial charge in [-0.2, -0.15) is 5.10 Å². The molecule has 0 radical (unpaired) electrons. The maximum Gasteiger partial charge on any atom is 0.0914 e. The minimum Gasteiger partial charge on any atom is -0.387 e. The van der Waals surface area contributed by atoms with Gasteiger partial charge in [-0.25, -0.2) is 0 Å². The van der Waals surface area contributed by atoms with Gasteiger partial charge in [0.2, 0.25) is 0 Å². The summed E-state index contributed by atoms with van der Waals surface area (Å²) in [4.78, 5) is 0. The zero-order valence-corrected chi connectivity index (χ0v) is 12.2. The van der Waals surface area contributed by atoms with Crippen LogP contribution in [0.2, 0.25) is 0 Å². The van der Waals surface area contributed by atoms with E-state index in [9.17, 15) is 5.11 Å². The van der Waals surface area contributed by atoms with Gasteiger partial charge in [-0.05, 0) is 25.0 Å². The number of hydrogen-bond acceptors (Lipinski definition) is 3. The number of nitrogens with zero attached hydrogens (tertiary/aromatic N) is 2. The molecule has 1 heterocycles. The fraction of sp³-hybridized carbons (Fsp3) is 0.438. The van der Waals surface area contributed by atoms with Crippen molar-refractivity contribution in [2.75, 3.05) is 6.54 Å². The molecule has 0 aliphatic heterocycles. The second kappa shape index (κ2) is 7.22. The second-order valence-corrected chi connectivity index (χ2v) is 4.85. The lowest BCUT2D eigenvalue weighted by Gasteiger charge is -2.12. The molecule has 20 heavy (non-hydrogen) atoms. The van der Waals surface area contributed by atoms with Crippen LogP contribution in [0, 0.1) is 0 Å². The molecule has 0 aliphatic carbocycles. The molecule has 0 amide bonds. The SMILES string of the molecule is CCc1cc(CNCC(O)c2ccccc2)n(CC)n1. The van der Waals surface area contributed by atoms with E-state index in [0.717, 1.165) is 30.8 Å². The Morgan fingerprint density at radius 2 is 2.00 bits per heavy atom. The third kappa shape index (κ3) is 3.68. The van der Waals surface area contributed by atoms with Crippen molar-refractivity contribution in [3.8, 4) is 0 Å². The van der Waals surface area contributed by atoms with Gasteiger partial charge in [0, 0.05) is 19.6 Å². The van der Waals surface area contributed by atoms with E-state index in [2.05, 4.69) is 30.3 Å². The summed E-state index contributed by atoms with van der Waals surface area (Å²) in [5.41, 5.74) is 3.23. The highest BCUT2D eigenvalue weighted by Crippen LogP contribution is 2.11. The summed E-state index contributed by atoms with van der Waals surface area (Å²) in [5.74, 6) is 0. The van der Waals surface area contributed by atoms with Crippen LogP contribution in [-0.4, -0.2) is 21.4 Å². The molecule has 108 valence electrons. The van der Waals surface area contributed by atoms with Gasteiger partial charge in [0.15, 0.2) is 0 Å². The van der Waals surface area contributed by atoms with Crippen molar-refractivity contribution in [3.63, 3.8) is 0 Å². The summed E-state index contributed by atoms with van der Waals surface area (Å²) < 4.78 is 2.01. The van der Waals surface area contributed by atoms with Crippen LogP contribution in [0.15, 0.2) is 36.4 Å². The molecule has 4 heteroatoms. The zero-order chi connectivity index (χ0) is 14.4. The number of aromatic nitrogens is 2. The average Bonchev–Trinajstić information content (AvgIpc) is 2.90. The molecule has 0 aliphatic rings. The molecular weight excluding hydrogens is 250 g/mol. The highest BCUT2D eigenvalue weighted by molar-refractivity contribution is 5.17. The van der Waals surface area contributed by atoms with Crippen LogP contribution in [-0.2, 0) is 19.5 Å². The van der Waals surface area contributed by atoms with Gasteiger partial charge in [0.1, 0.15) is 0 Å². The minimum atomic E-state index is -0.472. The van der Waals surface area contributed by atoms with E-state index in [0.29, 0.717) is 6.54 Å². The average molecular weight is 273 g/mol. The van der Waals surface area contributed by atoms with Crippen LogP contribution < -0.4 is 5.32 Å². The quantitative estimate of drug-likeness (QED) is 0.814. The van der Waals surface area contributed by atoms with Crippen molar-refractivity contribution < 1.29 is 5.11 Å². The monoisotopic (exact) mass is 273 g/mol. The number of nitrogens with one attached hydrogen (secondary N) is 1. The Bertz CT molecular complexity index is 522. The lowest BCUT2D eigenvalue weighted by molar-refractivity contribution is 0.174. The van der Waals surface area contributed by atoms with E-state index >= 15 is 0 Å². The predicted octanol–water partition coefficient (Wildman–Crippen LogP) is 2.29.